The average molecular weight is 270 g/mol. The van der Waals surface area contributed by atoms with Crippen LogP contribution in [0.25, 0.3) is 0 Å². The maximum absolute atomic E-state index is 11.0. The number of aromatic nitrogens is 3. The van der Waals surface area contributed by atoms with E-state index in [4.69, 9.17) is 5.73 Å². The highest BCUT2D eigenvalue weighted by Crippen LogP contribution is 2.22. The van der Waals surface area contributed by atoms with E-state index >= 15 is 0 Å². The SMILES string of the molecule is Cc1nnc(SCC(C)CC(C)C)n1CC(N)=O. The summed E-state index contributed by atoms with van der Waals surface area (Å²) in [5.41, 5.74) is 5.22. The fourth-order valence-electron chi connectivity index (χ4n) is 1.90. The number of amides is 1. The highest BCUT2D eigenvalue weighted by atomic mass is 32.2. The van der Waals surface area contributed by atoms with Gasteiger partial charge in [0.25, 0.3) is 0 Å². The van der Waals surface area contributed by atoms with Gasteiger partial charge in [-0.1, -0.05) is 32.5 Å². The van der Waals surface area contributed by atoms with Gasteiger partial charge in [0.15, 0.2) is 5.16 Å². The number of nitrogens with two attached hydrogens (primary N) is 1. The number of carbonyl (C=O) groups excluding carboxylic acids is 1. The second-order valence-corrected chi connectivity index (χ2v) is 6.12. The molecule has 1 heterocycles. The minimum atomic E-state index is -0.366. The Morgan fingerprint density at radius 1 is 1.39 bits per heavy atom. The Kier molecular flexibility index (Phi) is 5.65. The largest absolute Gasteiger partial charge is 0.368 e. The molecule has 0 aliphatic rings. The molecule has 102 valence electrons. The number of carbonyl (C=O) groups is 1. The number of nitrogens with zero attached hydrogens (tertiary/aromatic N) is 3. The minimum Gasteiger partial charge on any atom is -0.368 e. The summed E-state index contributed by atoms with van der Waals surface area (Å²) < 4.78 is 1.77. The van der Waals surface area contributed by atoms with E-state index in [0.717, 1.165) is 16.7 Å². The zero-order valence-corrected chi connectivity index (χ0v) is 12.3. The van der Waals surface area contributed by atoms with Crippen molar-refractivity contribution in [3.63, 3.8) is 0 Å². The van der Waals surface area contributed by atoms with Crippen LogP contribution < -0.4 is 5.73 Å². The van der Waals surface area contributed by atoms with Crippen LogP contribution in [0.1, 0.15) is 33.0 Å². The molecule has 18 heavy (non-hydrogen) atoms. The number of aryl methyl sites for hydroxylation is 1. The van der Waals surface area contributed by atoms with Crippen LogP contribution in [0.3, 0.4) is 0 Å². The summed E-state index contributed by atoms with van der Waals surface area (Å²) >= 11 is 1.64. The predicted octanol–water partition coefficient (Wildman–Crippen LogP) is 1.85. The maximum Gasteiger partial charge on any atom is 0.237 e. The molecule has 0 fully saturated rings. The topological polar surface area (TPSA) is 73.8 Å². The third-order valence-electron chi connectivity index (χ3n) is 2.59. The minimum absolute atomic E-state index is 0.153. The summed E-state index contributed by atoms with van der Waals surface area (Å²) in [5, 5.41) is 8.86. The van der Waals surface area contributed by atoms with Crippen LogP contribution in [0, 0.1) is 18.8 Å². The molecule has 0 aromatic carbocycles. The number of thioether (sulfide) groups is 1. The fraction of sp³-hybridized carbons (Fsp3) is 0.750. The van der Waals surface area contributed by atoms with Gasteiger partial charge >= 0.3 is 0 Å². The average Bonchev–Trinajstić information content (AvgIpc) is 2.56. The van der Waals surface area contributed by atoms with Gasteiger partial charge in [-0.05, 0) is 25.2 Å². The highest BCUT2D eigenvalue weighted by molar-refractivity contribution is 7.99. The molecule has 0 bridgehead atoms. The van der Waals surface area contributed by atoms with Gasteiger partial charge in [0, 0.05) is 5.75 Å². The normalized spacial score (nSPS) is 12.9. The van der Waals surface area contributed by atoms with Crippen molar-refractivity contribution >= 4 is 17.7 Å². The molecule has 0 radical (unpaired) electrons. The van der Waals surface area contributed by atoms with Crippen LogP contribution in [0.15, 0.2) is 5.16 Å². The summed E-state index contributed by atoms with van der Waals surface area (Å²) in [6.45, 7) is 8.66. The first-order chi connectivity index (χ1) is 8.40. The first-order valence-electron chi connectivity index (χ1n) is 6.21. The van der Waals surface area contributed by atoms with Crippen molar-refractivity contribution in [3.05, 3.63) is 5.82 Å². The van der Waals surface area contributed by atoms with Crippen molar-refractivity contribution in [1.82, 2.24) is 14.8 Å². The van der Waals surface area contributed by atoms with Crippen molar-refractivity contribution in [2.24, 2.45) is 17.6 Å². The van der Waals surface area contributed by atoms with Gasteiger partial charge in [0.05, 0.1) is 0 Å². The molecule has 0 aliphatic heterocycles. The first-order valence-corrected chi connectivity index (χ1v) is 7.19. The summed E-state index contributed by atoms with van der Waals surface area (Å²) in [6.07, 6.45) is 1.19. The second kappa shape index (κ2) is 6.78. The number of rotatable bonds is 7. The van der Waals surface area contributed by atoms with E-state index in [0.29, 0.717) is 11.8 Å². The van der Waals surface area contributed by atoms with Gasteiger partial charge in [-0.25, -0.2) is 0 Å². The molecule has 1 amide bonds. The Bertz CT molecular complexity index is 403. The molecule has 0 spiro atoms. The molecule has 6 heteroatoms. The van der Waals surface area contributed by atoms with Gasteiger partial charge in [0.2, 0.25) is 5.91 Å². The molecule has 1 unspecified atom stereocenters. The van der Waals surface area contributed by atoms with Crippen molar-refractivity contribution in [1.29, 1.82) is 0 Å². The molecule has 1 atom stereocenters. The van der Waals surface area contributed by atoms with E-state index in [1.807, 2.05) is 6.92 Å². The van der Waals surface area contributed by atoms with Crippen molar-refractivity contribution in [3.8, 4) is 0 Å². The lowest BCUT2D eigenvalue weighted by molar-refractivity contribution is -0.118. The number of hydrogen-bond donors (Lipinski definition) is 1. The quantitative estimate of drug-likeness (QED) is 0.767. The second-order valence-electron chi connectivity index (χ2n) is 5.13. The van der Waals surface area contributed by atoms with E-state index in [2.05, 4.69) is 31.0 Å². The van der Waals surface area contributed by atoms with Gasteiger partial charge in [-0.2, -0.15) is 0 Å². The summed E-state index contributed by atoms with van der Waals surface area (Å²) in [7, 11) is 0. The van der Waals surface area contributed by atoms with E-state index in [-0.39, 0.29) is 12.5 Å². The molecule has 2 N–H and O–H groups in total. The van der Waals surface area contributed by atoms with Crippen LogP contribution in [0.5, 0.6) is 0 Å². The molecule has 0 aliphatic carbocycles. The third-order valence-corrected chi connectivity index (χ3v) is 3.88. The molecule has 0 saturated heterocycles. The van der Waals surface area contributed by atoms with Crippen LogP contribution in [0.2, 0.25) is 0 Å². The first kappa shape index (κ1) is 15.0. The van der Waals surface area contributed by atoms with E-state index in [9.17, 15) is 4.79 Å². The standard InChI is InChI=1S/C12H22N4OS/c1-8(2)5-9(3)7-18-12-15-14-10(4)16(12)6-11(13)17/h8-9H,5-7H2,1-4H3,(H2,13,17). The summed E-state index contributed by atoms with van der Waals surface area (Å²) in [5.74, 6) is 2.66. The number of primary amides is 1. The molecular weight excluding hydrogens is 248 g/mol. The highest BCUT2D eigenvalue weighted by Gasteiger charge is 2.13. The smallest absolute Gasteiger partial charge is 0.237 e. The lowest BCUT2D eigenvalue weighted by Crippen LogP contribution is -2.20. The van der Waals surface area contributed by atoms with Gasteiger partial charge < -0.3 is 5.73 Å². The Labute approximate surface area is 113 Å². The van der Waals surface area contributed by atoms with Crippen LogP contribution in [-0.4, -0.2) is 26.4 Å². The third kappa shape index (κ3) is 4.68. The van der Waals surface area contributed by atoms with Crippen LogP contribution >= 0.6 is 11.8 Å². The van der Waals surface area contributed by atoms with Gasteiger partial charge in [-0.15, -0.1) is 10.2 Å². The zero-order chi connectivity index (χ0) is 13.7. The van der Waals surface area contributed by atoms with E-state index in [1.54, 1.807) is 16.3 Å². The molecule has 1 aromatic heterocycles. The monoisotopic (exact) mass is 270 g/mol. The van der Waals surface area contributed by atoms with Crippen molar-refractivity contribution in [2.75, 3.05) is 5.75 Å². The van der Waals surface area contributed by atoms with E-state index in [1.165, 1.54) is 6.42 Å². The summed E-state index contributed by atoms with van der Waals surface area (Å²) in [4.78, 5) is 11.0. The molecule has 1 rings (SSSR count). The Balaban J connectivity index is 2.59. The number of hydrogen-bond acceptors (Lipinski definition) is 4. The molecule has 1 aromatic rings. The Hall–Kier alpha value is -1.04. The zero-order valence-electron chi connectivity index (χ0n) is 11.5. The maximum atomic E-state index is 11.0. The predicted molar refractivity (Wildman–Crippen MR) is 73.3 cm³/mol. The molecule has 5 nitrogen and oxygen atoms in total. The van der Waals surface area contributed by atoms with Gasteiger partial charge in [0.1, 0.15) is 12.4 Å². The molecular formula is C12H22N4OS. The molecule has 0 saturated carbocycles. The lowest BCUT2D eigenvalue weighted by atomic mass is 10.0. The Morgan fingerprint density at radius 2 is 2.06 bits per heavy atom. The van der Waals surface area contributed by atoms with Crippen molar-refractivity contribution < 1.29 is 4.79 Å². The van der Waals surface area contributed by atoms with Crippen LogP contribution in [0.4, 0.5) is 0 Å². The Morgan fingerprint density at radius 3 is 2.61 bits per heavy atom. The van der Waals surface area contributed by atoms with Crippen molar-refractivity contribution in [2.45, 2.75) is 45.8 Å². The van der Waals surface area contributed by atoms with Crippen LogP contribution in [-0.2, 0) is 11.3 Å². The lowest BCUT2D eigenvalue weighted by Gasteiger charge is -2.13. The van der Waals surface area contributed by atoms with E-state index < -0.39 is 0 Å². The summed E-state index contributed by atoms with van der Waals surface area (Å²) in [6, 6.07) is 0. The van der Waals surface area contributed by atoms with Gasteiger partial charge in [-0.3, -0.25) is 9.36 Å². The fourth-order valence-corrected chi connectivity index (χ4v) is 2.92.